The number of nitrogens with one attached hydrogen (secondary N) is 1. The zero-order valence-corrected chi connectivity index (χ0v) is 13.8. The topological polar surface area (TPSA) is 99.6 Å². The van der Waals surface area contributed by atoms with Gasteiger partial charge < -0.3 is 5.11 Å². The maximum Gasteiger partial charge on any atom is 0.322 e. The van der Waals surface area contributed by atoms with E-state index in [9.17, 15) is 18.3 Å². The summed E-state index contributed by atoms with van der Waals surface area (Å²) in [6, 6.07) is 2.17. The van der Waals surface area contributed by atoms with E-state index in [-0.39, 0.29) is 6.42 Å². The third kappa shape index (κ3) is 5.56. The van der Waals surface area contributed by atoms with Crippen LogP contribution in [-0.2, 0) is 21.4 Å². The predicted molar refractivity (Wildman–Crippen MR) is 86.1 cm³/mol. The van der Waals surface area contributed by atoms with Crippen molar-refractivity contribution in [3.63, 3.8) is 0 Å². The molecule has 2 N–H and O–H groups in total. The molecule has 0 amide bonds. The van der Waals surface area contributed by atoms with Gasteiger partial charge in [-0.3, -0.25) is 9.78 Å². The Morgan fingerprint density at radius 3 is 2.30 bits per heavy atom. The molecule has 8 heteroatoms. The first-order chi connectivity index (χ1) is 11.0. The molecule has 2 heterocycles. The van der Waals surface area contributed by atoms with Crippen molar-refractivity contribution in [2.24, 2.45) is 0 Å². The van der Waals surface area contributed by atoms with E-state index < -0.39 is 22.2 Å². The number of hydrogen-bond donors (Lipinski definition) is 2. The third-order valence-electron chi connectivity index (χ3n) is 3.93. The fourth-order valence-corrected chi connectivity index (χ4v) is 4.08. The van der Waals surface area contributed by atoms with Crippen LogP contribution in [0.4, 0.5) is 0 Å². The van der Waals surface area contributed by atoms with E-state index in [2.05, 4.69) is 9.71 Å². The molecule has 0 aliphatic carbocycles. The van der Waals surface area contributed by atoms with Crippen LogP contribution in [0.15, 0.2) is 24.5 Å². The lowest BCUT2D eigenvalue weighted by Crippen LogP contribution is -2.49. The lowest BCUT2D eigenvalue weighted by molar-refractivity contribution is -0.138. The molecular formula is C15H23N3O4S. The van der Waals surface area contributed by atoms with Crippen molar-refractivity contribution in [3.05, 3.63) is 30.1 Å². The zero-order chi connectivity index (χ0) is 16.7. The van der Waals surface area contributed by atoms with Gasteiger partial charge in [0.15, 0.2) is 0 Å². The summed E-state index contributed by atoms with van der Waals surface area (Å²) in [5.41, 5.74) is 0.725. The van der Waals surface area contributed by atoms with Crippen LogP contribution in [0.25, 0.3) is 0 Å². The fourth-order valence-electron chi connectivity index (χ4n) is 2.65. The quantitative estimate of drug-likeness (QED) is 0.809. The lowest BCUT2D eigenvalue weighted by Gasteiger charge is -2.26. The van der Waals surface area contributed by atoms with Gasteiger partial charge in [-0.15, -0.1) is 0 Å². The van der Waals surface area contributed by atoms with E-state index in [1.807, 2.05) is 0 Å². The molecule has 0 spiro atoms. The van der Waals surface area contributed by atoms with Crippen molar-refractivity contribution < 1.29 is 18.3 Å². The molecule has 23 heavy (non-hydrogen) atoms. The first kappa shape index (κ1) is 17.8. The van der Waals surface area contributed by atoms with Gasteiger partial charge in [-0.25, -0.2) is 0 Å². The van der Waals surface area contributed by atoms with Gasteiger partial charge in [-0.1, -0.05) is 19.3 Å². The molecule has 0 saturated carbocycles. The second-order valence-electron chi connectivity index (χ2n) is 5.74. The van der Waals surface area contributed by atoms with Crippen molar-refractivity contribution in [2.75, 3.05) is 13.1 Å². The smallest absolute Gasteiger partial charge is 0.322 e. The van der Waals surface area contributed by atoms with Crippen LogP contribution in [0.1, 0.15) is 37.7 Å². The molecule has 128 valence electrons. The number of carboxylic acids is 1. The summed E-state index contributed by atoms with van der Waals surface area (Å²) in [7, 11) is -3.80. The predicted octanol–water partition coefficient (Wildman–Crippen LogP) is 1.18. The molecular weight excluding hydrogens is 318 g/mol. The normalized spacial score (nSPS) is 18.8. The standard InChI is InChI=1S/C15H23N3O4S/c19-15(20)14(12-13-6-8-16-9-7-13)17-23(21,22)18-10-4-2-1-3-5-11-18/h6-9,14,17H,1-5,10-12H2,(H,19,20). The highest BCUT2D eigenvalue weighted by Gasteiger charge is 2.29. The van der Waals surface area contributed by atoms with Gasteiger partial charge in [0.2, 0.25) is 0 Å². The van der Waals surface area contributed by atoms with Crippen LogP contribution in [0.2, 0.25) is 0 Å². The van der Waals surface area contributed by atoms with Crippen molar-refractivity contribution >= 4 is 16.2 Å². The monoisotopic (exact) mass is 341 g/mol. The van der Waals surface area contributed by atoms with Gasteiger partial charge in [-0.2, -0.15) is 17.4 Å². The van der Waals surface area contributed by atoms with Crippen LogP contribution in [0, 0.1) is 0 Å². The van der Waals surface area contributed by atoms with Gasteiger partial charge in [-0.05, 0) is 37.0 Å². The van der Waals surface area contributed by atoms with E-state index in [1.165, 1.54) is 4.31 Å². The summed E-state index contributed by atoms with van der Waals surface area (Å²) in [5.74, 6) is -1.18. The van der Waals surface area contributed by atoms with E-state index in [1.54, 1.807) is 24.5 Å². The van der Waals surface area contributed by atoms with Gasteiger partial charge in [0, 0.05) is 25.5 Å². The van der Waals surface area contributed by atoms with Gasteiger partial charge >= 0.3 is 5.97 Å². The molecule has 1 atom stereocenters. The number of aromatic nitrogens is 1. The second kappa shape index (κ2) is 8.37. The molecule has 0 radical (unpaired) electrons. The molecule has 1 unspecified atom stereocenters. The van der Waals surface area contributed by atoms with Crippen LogP contribution in [0.5, 0.6) is 0 Å². The summed E-state index contributed by atoms with van der Waals surface area (Å²) in [4.78, 5) is 15.3. The summed E-state index contributed by atoms with van der Waals surface area (Å²) in [6.07, 6.45) is 7.96. The van der Waals surface area contributed by atoms with Crippen molar-refractivity contribution in [3.8, 4) is 0 Å². The Kier molecular flexibility index (Phi) is 6.49. The van der Waals surface area contributed by atoms with Crippen LogP contribution >= 0.6 is 0 Å². The summed E-state index contributed by atoms with van der Waals surface area (Å²) in [5, 5.41) is 9.34. The Labute approximate surface area is 136 Å². The SMILES string of the molecule is O=C(O)C(Cc1ccncc1)NS(=O)(=O)N1CCCCCCC1. The maximum atomic E-state index is 12.5. The van der Waals surface area contributed by atoms with E-state index >= 15 is 0 Å². The van der Waals surface area contributed by atoms with Crippen molar-refractivity contribution in [1.29, 1.82) is 0 Å². The molecule has 1 fully saturated rings. The first-order valence-corrected chi connectivity index (χ1v) is 9.32. The van der Waals surface area contributed by atoms with Crippen molar-refractivity contribution in [2.45, 2.75) is 44.6 Å². The molecule has 0 aromatic carbocycles. The van der Waals surface area contributed by atoms with Crippen LogP contribution < -0.4 is 4.72 Å². The van der Waals surface area contributed by atoms with Gasteiger partial charge in [0.05, 0.1) is 0 Å². The number of rotatable bonds is 6. The molecule has 1 aliphatic rings. The maximum absolute atomic E-state index is 12.5. The average molecular weight is 341 g/mol. The van der Waals surface area contributed by atoms with E-state index in [4.69, 9.17) is 0 Å². The van der Waals surface area contributed by atoms with Gasteiger partial charge in [0.1, 0.15) is 6.04 Å². The van der Waals surface area contributed by atoms with E-state index in [0.717, 1.165) is 37.7 Å². The van der Waals surface area contributed by atoms with E-state index in [0.29, 0.717) is 13.1 Å². The molecule has 1 aliphatic heterocycles. The van der Waals surface area contributed by atoms with Gasteiger partial charge in [0.25, 0.3) is 10.2 Å². The minimum absolute atomic E-state index is 0.0882. The third-order valence-corrected chi connectivity index (χ3v) is 5.56. The summed E-state index contributed by atoms with van der Waals surface area (Å²) >= 11 is 0. The molecule has 0 bridgehead atoms. The lowest BCUT2D eigenvalue weighted by atomic mass is 10.1. The van der Waals surface area contributed by atoms with Crippen LogP contribution in [0.3, 0.4) is 0 Å². The van der Waals surface area contributed by atoms with Crippen LogP contribution in [-0.4, -0.2) is 47.9 Å². The highest BCUT2D eigenvalue weighted by molar-refractivity contribution is 7.87. The number of carbonyl (C=O) groups is 1. The Morgan fingerprint density at radius 2 is 1.74 bits per heavy atom. The average Bonchev–Trinajstić information content (AvgIpc) is 2.46. The first-order valence-electron chi connectivity index (χ1n) is 7.88. The summed E-state index contributed by atoms with van der Waals surface area (Å²) in [6.45, 7) is 0.883. The van der Waals surface area contributed by atoms with Crippen molar-refractivity contribution in [1.82, 2.24) is 14.0 Å². The molecule has 7 nitrogen and oxygen atoms in total. The number of pyridine rings is 1. The highest BCUT2D eigenvalue weighted by Crippen LogP contribution is 2.14. The Morgan fingerprint density at radius 1 is 1.17 bits per heavy atom. The minimum Gasteiger partial charge on any atom is -0.480 e. The number of aliphatic carboxylic acids is 1. The largest absolute Gasteiger partial charge is 0.480 e. The highest BCUT2D eigenvalue weighted by atomic mass is 32.2. The number of carboxylic acid groups (broad SMARTS) is 1. The molecule has 1 saturated heterocycles. The summed E-state index contributed by atoms with van der Waals surface area (Å²) < 4.78 is 28.7. The Balaban J connectivity index is 2.06. The minimum atomic E-state index is -3.80. The zero-order valence-electron chi connectivity index (χ0n) is 13.0. The second-order valence-corrected chi connectivity index (χ2v) is 7.44. The number of nitrogens with zero attached hydrogens (tertiary/aromatic N) is 2. The Hall–Kier alpha value is -1.51. The molecule has 1 aromatic rings. The molecule has 2 rings (SSSR count). The Bertz CT molecular complexity index is 598. The fraction of sp³-hybridized carbons (Fsp3) is 0.600. The number of hydrogen-bond acceptors (Lipinski definition) is 4. The molecule has 1 aromatic heterocycles.